The summed E-state index contributed by atoms with van der Waals surface area (Å²) in [7, 11) is -3.12. The summed E-state index contributed by atoms with van der Waals surface area (Å²) in [6, 6.07) is 4.31. The van der Waals surface area contributed by atoms with Gasteiger partial charge in [0.25, 0.3) is 5.91 Å². The number of benzene rings is 1. The molecule has 0 spiro atoms. The van der Waals surface area contributed by atoms with Crippen LogP contribution < -0.4 is 10.1 Å². The van der Waals surface area contributed by atoms with E-state index in [2.05, 4.69) is 10.1 Å². The molecule has 132 valence electrons. The summed E-state index contributed by atoms with van der Waals surface area (Å²) in [4.78, 5) is 23.4. The van der Waals surface area contributed by atoms with E-state index in [1.807, 2.05) is 0 Å². The van der Waals surface area contributed by atoms with Gasteiger partial charge in [0.2, 0.25) is 0 Å². The third kappa shape index (κ3) is 5.44. The van der Waals surface area contributed by atoms with E-state index in [9.17, 15) is 26.8 Å². The van der Waals surface area contributed by atoms with Crippen LogP contribution in [0.4, 0.5) is 8.78 Å². The number of hydrogen-bond acceptors (Lipinski definition) is 6. The number of nitrogens with one attached hydrogen (secondary N) is 1. The molecule has 1 aromatic rings. The number of amides is 1. The van der Waals surface area contributed by atoms with Gasteiger partial charge < -0.3 is 14.8 Å². The van der Waals surface area contributed by atoms with Crippen molar-refractivity contribution in [3.8, 4) is 5.75 Å². The van der Waals surface area contributed by atoms with Gasteiger partial charge in [0.1, 0.15) is 5.75 Å². The average Bonchev–Trinajstić information content (AvgIpc) is 2.83. The van der Waals surface area contributed by atoms with Crippen LogP contribution >= 0.6 is 0 Å². The summed E-state index contributed by atoms with van der Waals surface area (Å²) >= 11 is 0. The highest BCUT2D eigenvalue weighted by Crippen LogP contribution is 2.15. The average molecular weight is 363 g/mol. The van der Waals surface area contributed by atoms with Crippen LogP contribution in [-0.4, -0.2) is 51.1 Å². The van der Waals surface area contributed by atoms with Crippen molar-refractivity contribution in [3.63, 3.8) is 0 Å². The molecule has 1 heterocycles. The van der Waals surface area contributed by atoms with Gasteiger partial charge in [-0.15, -0.1) is 0 Å². The number of esters is 1. The van der Waals surface area contributed by atoms with E-state index in [0.29, 0.717) is 6.42 Å². The Morgan fingerprint density at radius 3 is 2.46 bits per heavy atom. The van der Waals surface area contributed by atoms with Crippen LogP contribution in [0.25, 0.3) is 0 Å². The largest absolute Gasteiger partial charge is 0.452 e. The highest BCUT2D eigenvalue weighted by molar-refractivity contribution is 7.91. The van der Waals surface area contributed by atoms with E-state index in [4.69, 9.17) is 4.74 Å². The quantitative estimate of drug-likeness (QED) is 0.749. The third-order valence-electron chi connectivity index (χ3n) is 3.25. The number of halogens is 2. The van der Waals surface area contributed by atoms with E-state index < -0.39 is 41.0 Å². The molecule has 1 saturated heterocycles. The predicted octanol–water partition coefficient (Wildman–Crippen LogP) is 0.748. The Bertz CT molecular complexity index is 704. The van der Waals surface area contributed by atoms with Crippen LogP contribution in [-0.2, 0) is 19.4 Å². The Labute approximate surface area is 136 Å². The molecule has 1 aromatic carbocycles. The molecule has 1 atom stereocenters. The van der Waals surface area contributed by atoms with E-state index in [1.54, 1.807) is 0 Å². The second-order valence-corrected chi connectivity index (χ2v) is 7.38. The van der Waals surface area contributed by atoms with E-state index >= 15 is 0 Å². The Morgan fingerprint density at radius 2 is 1.92 bits per heavy atom. The van der Waals surface area contributed by atoms with Crippen molar-refractivity contribution >= 4 is 21.7 Å². The minimum atomic E-state index is -3.12. The van der Waals surface area contributed by atoms with E-state index in [-0.39, 0.29) is 22.8 Å². The van der Waals surface area contributed by atoms with Crippen molar-refractivity contribution in [3.05, 3.63) is 29.8 Å². The highest BCUT2D eigenvalue weighted by atomic mass is 32.2. The topological polar surface area (TPSA) is 98.8 Å². The zero-order chi connectivity index (χ0) is 17.7. The van der Waals surface area contributed by atoms with Gasteiger partial charge in [0.05, 0.1) is 17.1 Å². The summed E-state index contributed by atoms with van der Waals surface area (Å²) in [5, 5.41) is 2.47. The number of ether oxygens (including phenoxy) is 2. The van der Waals surface area contributed by atoms with Crippen LogP contribution in [0, 0.1) is 0 Å². The molecule has 1 amide bonds. The molecule has 24 heavy (non-hydrogen) atoms. The molecule has 0 aliphatic carbocycles. The van der Waals surface area contributed by atoms with Gasteiger partial charge in [-0.2, -0.15) is 8.78 Å². The lowest BCUT2D eigenvalue weighted by atomic mass is 10.2. The molecule has 1 N–H and O–H groups in total. The Balaban J connectivity index is 1.79. The fraction of sp³-hybridized carbons (Fsp3) is 0.429. The van der Waals surface area contributed by atoms with Gasteiger partial charge >= 0.3 is 12.6 Å². The Kier molecular flexibility index (Phi) is 5.71. The second kappa shape index (κ2) is 7.56. The minimum absolute atomic E-state index is 0.0186. The normalized spacial score (nSPS) is 19.0. The Hall–Kier alpha value is -2.23. The van der Waals surface area contributed by atoms with Gasteiger partial charge in [0.15, 0.2) is 16.4 Å². The van der Waals surface area contributed by atoms with Crippen LogP contribution in [0.2, 0.25) is 0 Å². The predicted molar refractivity (Wildman–Crippen MR) is 78.6 cm³/mol. The fourth-order valence-corrected chi connectivity index (χ4v) is 3.84. The highest BCUT2D eigenvalue weighted by Gasteiger charge is 2.29. The zero-order valence-electron chi connectivity index (χ0n) is 12.4. The molecule has 1 aliphatic heterocycles. The van der Waals surface area contributed by atoms with Crippen molar-refractivity contribution < 1.29 is 36.3 Å². The molecule has 1 fully saturated rings. The van der Waals surface area contributed by atoms with Crippen molar-refractivity contribution in [2.75, 3.05) is 18.1 Å². The third-order valence-corrected chi connectivity index (χ3v) is 5.02. The van der Waals surface area contributed by atoms with Gasteiger partial charge in [-0.05, 0) is 30.7 Å². The molecule has 0 bridgehead atoms. The monoisotopic (exact) mass is 363 g/mol. The smallest absolute Gasteiger partial charge is 0.387 e. The first-order chi connectivity index (χ1) is 11.2. The van der Waals surface area contributed by atoms with Crippen LogP contribution in [0.5, 0.6) is 5.75 Å². The molecule has 2 rings (SSSR count). The first-order valence-electron chi connectivity index (χ1n) is 6.97. The van der Waals surface area contributed by atoms with Gasteiger partial charge in [-0.1, -0.05) is 0 Å². The fourth-order valence-electron chi connectivity index (χ4n) is 2.17. The number of carbonyl (C=O) groups is 2. The first kappa shape index (κ1) is 18.1. The van der Waals surface area contributed by atoms with Crippen LogP contribution in [0.3, 0.4) is 0 Å². The van der Waals surface area contributed by atoms with Crippen molar-refractivity contribution in [1.29, 1.82) is 0 Å². The summed E-state index contributed by atoms with van der Waals surface area (Å²) in [6.07, 6.45) is 0.327. The number of carbonyl (C=O) groups excluding carboxylic acids is 2. The lowest BCUT2D eigenvalue weighted by Gasteiger charge is -2.11. The van der Waals surface area contributed by atoms with E-state index in [1.165, 1.54) is 24.3 Å². The van der Waals surface area contributed by atoms with Crippen molar-refractivity contribution in [2.45, 2.75) is 19.1 Å². The summed E-state index contributed by atoms with van der Waals surface area (Å²) in [6.45, 7) is -3.53. The lowest BCUT2D eigenvalue weighted by molar-refractivity contribution is -0.124. The Morgan fingerprint density at radius 1 is 1.25 bits per heavy atom. The maximum Gasteiger partial charge on any atom is 0.387 e. The zero-order valence-corrected chi connectivity index (χ0v) is 13.2. The van der Waals surface area contributed by atoms with Crippen molar-refractivity contribution in [1.82, 2.24) is 5.32 Å². The van der Waals surface area contributed by atoms with Crippen LogP contribution in [0.1, 0.15) is 16.8 Å². The molecule has 7 nitrogen and oxygen atoms in total. The number of hydrogen-bond donors (Lipinski definition) is 1. The first-order valence-corrected chi connectivity index (χ1v) is 8.79. The van der Waals surface area contributed by atoms with E-state index in [0.717, 1.165) is 0 Å². The second-order valence-electron chi connectivity index (χ2n) is 5.15. The minimum Gasteiger partial charge on any atom is -0.452 e. The maximum absolute atomic E-state index is 12.0. The summed E-state index contributed by atoms with van der Waals surface area (Å²) in [5.41, 5.74) is 0.0628. The molecule has 0 radical (unpaired) electrons. The molecular weight excluding hydrogens is 348 g/mol. The molecule has 1 unspecified atom stereocenters. The molecule has 1 aliphatic rings. The standard InChI is InChI=1S/C14H15F2NO6S/c15-14(16)23-11-3-1-9(2-4-11)13(19)22-7-12(18)17-10-5-6-24(20,21)8-10/h1-4,10,14H,5-8H2,(H,17,18). The molecule has 10 heteroatoms. The molecule has 0 aromatic heterocycles. The summed E-state index contributed by atoms with van der Waals surface area (Å²) < 4.78 is 55.5. The van der Waals surface area contributed by atoms with Gasteiger partial charge in [0, 0.05) is 6.04 Å². The molecule has 0 saturated carbocycles. The summed E-state index contributed by atoms with van der Waals surface area (Å²) in [5.74, 6) is -1.64. The maximum atomic E-state index is 12.0. The van der Waals surface area contributed by atoms with Gasteiger partial charge in [-0.3, -0.25) is 4.79 Å². The number of alkyl halides is 2. The van der Waals surface area contributed by atoms with Crippen LogP contribution in [0.15, 0.2) is 24.3 Å². The molecular formula is C14H15F2NO6S. The number of rotatable bonds is 6. The van der Waals surface area contributed by atoms with Gasteiger partial charge in [-0.25, -0.2) is 13.2 Å². The number of sulfone groups is 1. The lowest BCUT2D eigenvalue weighted by Crippen LogP contribution is -2.38. The SMILES string of the molecule is O=C(COC(=O)c1ccc(OC(F)F)cc1)NC1CCS(=O)(=O)C1. The van der Waals surface area contributed by atoms with Crippen molar-refractivity contribution in [2.24, 2.45) is 0 Å².